The molecule has 3 saturated heterocycles. The van der Waals surface area contributed by atoms with Gasteiger partial charge in [-0.2, -0.15) is 0 Å². The fraction of sp³-hybridized carbons (Fsp3) is 0.409. The third kappa shape index (κ3) is 3.97. The van der Waals surface area contributed by atoms with Crippen LogP contribution in [0.2, 0.25) is 0 Å². The summed E-state index contributed by atoms with van der Waals surface area (Å²) in [6.07, 6.45) is 4.05. The van der Waals surface area contributed by atoms with E-state index >= 15 is 0 Å². The number of carbonyl (C=O) groups excluding carboxylic acids is 1. The summed E-state index contributed by atoms with van der Waals surface area (Å²) >= 11 is 6.87. The van der Waals surface area contributed by atoms with Gasteiger partial charge in [0.1, 0.15) is 10.1 Å². The Kier molecular flexibility index (Phi) is 5.73. The van der Waals surface area contributed by atoms with Crippen LogP contribution in [0.5, 0.6) is 0 Å². The highest BCUT2D eigenvalue weighted by Gasteiger charge is 2.35. The standard InChI is InChI=1S/C22H23N3O3S2/c26-21-19(30-22(29)25(21)14-17-5-3-9-28-17)13-16-12-15-4-1-2-6-18(15)23-20(16)24-7-10-27-11-8-24/h1-2,4,6,12-13,17H,3,5,7-11,14H2/b19-13-. The van der Waals surface area contributed by atoms with Gasteiger partial charge in [-0.1, -0.05) is 42.2 Å². The summed E-state index contributed by atoms with van der Waals surface area (Å²) in [6, 6.07) is 10.2. The van der Waals surface area contributed by atoms with Crippen molar-refractivity contribution in [3.63, 3.8) is 0 Å². The van der Waals surface area contributed by atoms with Gasteiger partial charge in [0, 0.05) is 30.6 Å². The van der Waals surface area contributed by atoms with Crippen molar-refractivity contribution in [2.24, 2.45) is 0 Å². The van der Waals surface area contributed by atoms with E-state index in [1.54, 1.807) is 4.90 Å². The molecule has 3 aliphatic heterocycles. The number of amides is 1. The van der Waals surface area contributed by atoms with E-state index in [-0.39, 0.29) is 12.0 Å². The molecule has 30 heavy (non-hydrogen) atoms. The molecule has 3 aliphatic rings. The number of anilines is 1. The van der Waals surface area contributed by atoms with Crippen LogP contribution in [0.3, 0.4) is 0 Å². The second kappa shape index (κ2) is 8.63. The zero-order valence-electron chi connectivity index (χ0n) is 16.6. The van der Waals surface area contributed by atoms with Gasteiger partial charge in [-0.05, 0) is 31.1 Å². The first kappa shape index (κ1) is 19.9. The molecular formula is C22H23N3O3S2. The van der Waals surface area contributed by atoms with Crippen molar-refractivity contribution in [2.75, 3.05) is 44.4 Å². The molecule has 0 saturated carbocycles. The van der Waals surface area contributed by atoms with Crippen LogP contribution < -0.4 is 4.90 Å². The number of pyridine rings is 1. The first-order valence-electron chi connectivity index (χ1n) is 10.3. The Balaban J connectivity index is 1.49. The zero-order valence-corrected chi connectivity index (χ0v) is 18.2. The zero-order chi connectivity index (χ0) is 20.5. The Labute approximate surface area is 185 Å². The molecule has 0 radical (unpaired) electrons. The van der Waals surface area contributed by atoms with Crippen LogP contribution in [0, 0.1) is 0 Å². The predicted molar refractivity (Wildman–Crippen MR) is 124 cm³/mol. The average Bonchev–Trinajstić information content (AvgIpc) is 3.38. The van der Waals surface area contributed by atoms with E-state index in [2.05, 4.69) is 11.0 Å². The molecule has 2 aromatic rings. The van der Waals surface area contributed by atoms with E-state index in [0.29, 0.717) is 29.0 Å². The van der Waals surface area contributed by atoms with Crippen LogP contribution in [0.15, 0.2) is 35.2 Å². The van der Waals surface area contributed by atoms with Gasteiger partial charge in [-0.3, -0.25) is 9.69 Å². The predicted octanol–water partition coefficient (Wildman–Crippen LogP) is 3.45. The molecule has 1 aromatic heterocycles. The lowest BCUT2D eigenvalue weighted by Crippen LogP contribution is -2.37. The minimum Gasteiger partial charge on any atom is -0.378 e. The number of rotatable bonds is 4. The number of thioether (sulfide) groups is 1. The molecule has 0 spiro atoms. The summed E-state index contributed by atoms with van der Waals surface area (Å²) in [6.45, 7) is 4.22. The number of aromatic nitrogens is 1. The van der Waals surface area contributed by atoms with Crippen molar-refractivity contribution in [1.82, 2.24) is 9.88 Å². The maximum Gasteiger partial charge on any atom is 0.266 e. The van der Waals surface area contributed by atoms with Crippen molar-refractivity contribution >= 4 is 57.0 Å². The summed E-state index contributed by atoms with van der Waals surface area (Å²) in [5.74, 6) is 0.850. The minimum atomic E-state index is -0.0402. The third-order valence-electron chi connectivity index (χ3n) is 5.61. The topological polar surface area (TPSA) is 54.9 Å². The van der Waals surface area contributed by atoms with Crippen LogP contribution in [-0.4, -0.2) is 65.7 Å². The number of hydrogen-bond donors (Lipinski definition) is 0. The van der Waals surface area contributed by atoms with Gasteiger partial charge in [0.15, 0.2) is 0 Å². The van der Waals surface area contributed by atoms with E-state index in [0.717, 1.165) is 54.8 Å². The summed E-state index contributed by atoms with van der Waals surface area (Å²) in [7, 11) is 0. The number of para-hydroxylation sites is 1. The molecule has 156 valence electrons. The van der Waals surface area contributed by atoms with Crippen LogP contribution in [-0.2, 0) is 14.3 Å². The number of carbonyl (C=O) groups is 1. The fourth-order valence-electron chi connectivity index (χ4n) is 4.05. The number of ether oxygens (including phenoxy) is 2. The number of hydrogen-bond acceptors (Lipinski definition) is 7. The maximum atomic E-state index is 13.1. The maximum absolute atomic E-state index is 13.1. The first-order chi connectivity index (χ1) is 14.7. The van der Waals surface area contributed by atoms with Crippen LogP contribution in [0.25, 0.3) is 17.0 Å². The Hall–Kier alpha value is -2.00. The van der Waals surface area contributed by atoms with Crippen LogP contribution in [0.1, 0.15) is 18.4 Å². The second-order valence-corrected chi connectivity index (χ2v) is 9.30. The Morgan fingerprint density at radius 1 is 1.23 bits per heavy atom. The first-order valence-corrected chi connectivity index (χ1v) is 11.5. The van der Waals surface area contributed by atoms with Gasteiger partial charge in [0.05, 0.1) is 36.3 Å². The number of thiocarbonyl (C=S) groups is 1. The third-order valence-corrected chi connectivity index (χ3v) is 6.99. The molecule has 3 fully saturated rings. The van der Waals surface area contributed by atoms with Crippen LogP contribution >= 0.6 is 24.0 Å². The molecule has 8 heteroatoms. The minimum absolute atomic E-state index is 0.0402. The lowest BCUT2D eigenvalue weighted by Gasteiger charge is -2.29. The molecule has 4 heterocycles. The lowest BCUT2D eigenvalue weighted by atomic mass is 10.1. The summed E-state index contributed by atoms with van der Waals surface area (Å²) in [4.78, 5) is 22.6. The van der Waals surface area contributed by atoms with E-state index in [1.807, 2.05) is 30.3 Å². The van der Waals surface area contributed by atoms with Gasteiger partial charge in [-0.15, -0.1) is 0 Å². The van der Waals surface area contributed by atoms with Gasteiger partial charge >= 0.3 is 0 Å². The molecule has 0 N–H and O–H groups in total. The Morgan fingerprint density at radius 2 is 2.07 bits per heavy atom. The fourth-order valence-corrected chi connectivity index (χ4v) is 5.31. The average molecular weight is 442 g/mol. The summed E-state index contributed by atoms with van der Waals surface area (Å²) in [5.41, 5.74) is 1.88. The number of benzene rings is 1. The van der Waals surface area contributed by atoms with E-state index in [4.69, 9.17) is 26.7 Å². The van der Waals surface area contributed by atoms with Gasteiger partial charge in [0.25, 0.3) is 5.91 Å². The normalized spacial score (nSPS) is 23.9. The Morgan fingerprint density at radius 3 is 2.87 bits per heavy atom. The monoisotopic (exact) mass is 441 g/mol. The molecule has 1 amide bonds. The van der Waals surface area contributed by atoms with Crippen molar-refractivity contribution in [2.45, 2.75) is 18.9 Å². The van der Waals surface area contributed by atoms with E-state index in [1.165, 1.54) is 11.8 Å². The van der Waals surface area contributed by atoms with Gasteiger partial charge in [-0.25, -0.2) is 4.98 Å². The Bertz CT molecular complexity index is 1010. The van der Waals surface area contributed by atoms with Crippen molar-refractivity contribution in [1.29, 1.82) is 0 Å². The summed E-state index contributed by atoms with van der Waals surface area (Å²) < 4.78 is 11.8. The highest BCUT2D eigenvalue weighted by atomic mass is 32.2. The van der Waals surface area contributed by atoms with Gasteiger partial charge < -0.3 is 14.4 Å². The second-order valence-electron chi connectivity index (χ2n) is 7.62. The summed E-state index contributed by atoms with van der Waals surface area (Å²) in [5, 5.41) is 1.05. The molecule has 1 unspecified atom stereocenters. The highest BCUT2D eigenvalue weighted by Crippen LogP contribution is 2.35. The van der Waals surface area contributed by atoms with Crippen molar-refractivity contribution < 1.29 is 14.3 Å². The van der Waals surface area contributed by atoms with E-state index < -0.39 is 0 Å². The molecule has 1 atom stereocenters. The number of nitrogens with zero attached hydrogens (tertiary/aromatic N) is 3. The van der Waals surface area contributed by atoms with Gasteiger partial charge in [0.2, 0.25) is 0 Å². The number of fused-ring (bicyclic) bond motifs is 1. The smallest absolute Gasteiger partial charge is 0.266 e. The quantitative estimate of drug-likeness (QED) is 0.532. The number of morpholine rings is 1. The largest absolute Gasteiger partial charge is 0.378 e. The SMILES string of the molecule is O=C1/C(=C/c2cc3ccccc3nc2N2CCOCC2)SC(=S)N1CC1CCCO1. The molecular weight excluding hydrogens is 418 g/mol. The molecule has 1 aromatic carbocycles. The van der Waals surface area contributed by atoms with E-state index in [9.17, 15) is 4.79 Å². The molecule has 5 rings (SSSR count). The molecule has 0 aliphatic carbocycles. The van der Waals surface area contributed by atoms with Crippen molar-refractivity contribution in [3.8, 4) is 0 Å². The van der Waals surface area contributed by atoms with Crippen LogP contribution in [0.4, 0.5) is 5.82 Å². The molecule has 0 bridgehead atoms. The molecule has 6 nitrogen and oxygen atoms in total. The highest BCUT2D eigenvalue weighted by molar-refractivity contribution is 8.26. The van der Waals surface area contributed by atoms with Crippen molar-refractivity contribution in [3.05, 3.63) is 40.8 Å². The lowest BCUT2D eigenvalue weighted by molar-refractivity contribution is -0.123.